The number of nitrogens with zero attached hydrogens (tertiary/aromatic N) is 1. The minimum absolute atomic E-state index is 0.175. The molecule has 0 spiro atoms. The Kier molecular flexibility index (Phi) is 5.97. The van der Waals surface area contributed by atoms with Gasteiger partial charge in [0.05, 0.1) is 12.5 Å². The smallest absolute Gasteiger partial charge is 0.265 e. The fourth-order valence-electron chi connectivity index (χ4n) is 2.35. The van der Waals surface area contributed by atoms with Crippen molar-refractivity contribution in [2.45, 2.75) is 39.7 Å². The zero-order valence-corrected chi connectivity index (χ0v) is 14.3. The first-order valence-electron chi connectivity index (χ1n) is 8.04. The van der Waals surface area contributed by atoms with E-state index in [1.54, 1.807) is 12.1 Å². The number of nitrogens with one attached hydrogen (secondary N) is 1. The number of carbonyl (C=O) groups excluding carboxylic acids is 1. The standard InChI is InChI=1S/C20H22N2O2/c1-4-18(24-19-7-5-6-14(2)15(19)3)20(23)22-17-10-8-16(9-11-17)12-13-21/h5-11,18H,4,12H2,1-3H3,(H,22,23)/t18-/m0/s1. The van der Waals surface area contributed by atoms with E-state index < -0.39 is 6.10 Å². The third-order valence-electron chi connectivity index (χ3n) is 3.99. The Morgan fingerprint density at radius 1 is 1.21 bits per heavy atom. The van der Waals surface area contributed by atoms with Crippen molar-refractivity contribution >= 4 is 11.6 Å². The molecule has 2 aromatic carbocycles. The molecule has 124 valence electrons. The van der Waals surface area contributed by atoms with Gasteiger partial charge in [0.25, 0.3) is 5.91 Å². The number of hydrogen-bond donors (Lipinski definition) is 1. The summed E-state index contributed by atoms with van der Waals surface area (Å²) in [5.41, 5.74) is 3.80. The van der Waals surface area contributed by atoms with Gasteiger partial charge in [-0.15, -0.1) is 0 Å². The number of anilines is 1. The summed E-state index contributed by atoms with van der Waals surface area (Å²) >= 11 is 0. The largest absolute Gasteiger partial charge is 0.480 e. The molecule has 24 heavy (non-hydrogen) atoms. The van der Waals surface area contributed by atoms with E-state index in [2.05, 4.69) is 11.4 Å². The second kappa shape index (κ2) is 8.16. The van der Waals surface area contributed by atoms with E-state index in [-0.39, 0.29) is 5.91 Å². The molecule has 4 nitrogen and oxygen atoms in total. The zero-order valence-electron chi connectivity index (χ0n) is 14.3. The second-order valence-electron chi connectivity index (χ2n) is 5.73. The van der Waals surface area contributed by atoms with E-state index in [1.165, 1.54) is 0 Å². The topological polar surface area (TPSA) is 62.1 Å². The minimum atomic E-state index is -0.552. The lowest BCUT2D eigenvalue weighted by molar-refractivity contribution is -0.122. The number of nitriles is 1. The van der Waals surface area contributed by atoms with Crippen LogP contribution < -0.4 is 10.1 Å². The number of benzene rings is 2. The van der Waals surface area contributed by atoms with Gasteiger partial charge in [-0.3, -0.25) is 4.79 Å². The molecule has 0 fully saturated rings. The molecule has 4 heteroatoms. The van der Waals surface area contributed by atoms with Gasteiger partial charge in [0.1, 0.15) is 5.75 Å². The molecule has 0 unspecified atom stereocenters. The van der Waals surface area contributed by atoms with E-state index in [1.807, 2.05) is 51.1 Å². The van der Waals surface area contributed by atoms with Crippen LogP contribution in [0.5, 0.6) is 5.75 Å². The average Bonchev–Trinajstić information content (AvgIpc) is 2.58. The maximum Gasteiger partial charge on any atom is 0.265 e. The molecule has 0 aromatic heterocycles. The molecule has 1 N–H and O–H groups in total. The molecule has 2 rings (SSSR count). The number of aryl methyl sites for hydroxylation is 1. The number of ether oxygens (including phenoxy) is 1. The molecule has 0 heterocycles. The van der Waals surface area contributed by atoms with Crippen LogP contribution in [0.2, 0.25) is 0 Å². The van der Waals surface area contributed by atoms with Crippen molar-refractivity contribution in [3.05, 3.63) is 59.2 Å². The van der Waals surface area contributed by atoms with Gasteiger partial charge in [0.2, 0.25) is 0 Å². The highest BCUT2D eigenvalue weighted by atomic mass is 16.5. The first-order valence-corrected chi connectivity index (χ1v) is 8.04. The Bertz CT molecular complexity index is 745. The van der Waals surface area contributed by atoms with E-state index in [9.17, 15) is 4.79 Å². The summed E-state index contributed by atoms with van der Waals surface area (Å²) in [6.07, 6.45) is 0.386. The van der Waals surface area contributed by atoms with Crippen LogP contribution in [-0.4, -0.2) is 12.0 Å². The van der Waals surface area contributed by atoms with Crippen molar-refractivity contribution in [2.24, 2.45) is 0 Å². The first kappa shape index (κ1) is 17.6. The van der Waals surface area contributed by atoms with Crippen LogP contribution in [0.1, 0.15) is 30.0 Å². The second-order valence-corrected chi connectivity index (χ2v) is 5.73. The predicted molar refractivity (Wildman–Crippen MR) is 95.0 cm³/mol. The Balaban J connectivity index is 2.06. The average molecular weight is 322 g/mol. The number of rotatable bonds is 6. The molecule has 0 aliphatic heterocycles. The maximum atomic E-state index is 12.5. The summed E-state index contributed by atoms with van der Waals surface area (Å²) in [4.78, 5) is 12.5. The normalized spacial score (nSPS) is 11.4. The molecule has 0 aliphatic carbocycles. The van der Waals surface area contributed by atoms with Crippen LogP contribution in [0.25, 0.3) is 0 Å². The van der Waals surface area contributed by atoms with E-state index in [0.29, 0.717) is 18.5 Å². The van der Waals surface area contributed by atoms with Crippen molar-refractivity contribution in [1.29, 1.82) is 5.26 Å². The van der Waals surface area contributed by atoms with Crippen LogP contribution in [0.4, 0.5) is 5.69 Å². The number of hydrogen-bond acceptors (Lipinski definition) is 3. The van der Waals surface area contributed by atoms with E-state index in [4.69, 9.17) is 10.00 Å². The fourth-order valence-corrected chi connectivity index (χ4v) is 2.35. The highest BCUT2D eigenvalue weighted by molar-refractivity contribution is 5.94. The molecule has 1 atom stereocenters. The third-order valence-corrected chi connectivity index (χ3v) is 3.99. The van der Waals surface area contributed by atoms with Crippen LogP contribution in [-0.2, 0) is 11.2 Å². The summed E-state index contributed by atoms with van der Waals surface area (Å²) in [5, 5.41) is 11.6. The Hall–Kier alpha value is -2.80. The van der Waals surface area contributed by atoms with Gasteiger partial charge in [0, 0.05) is 5.69 Å². The van der Waals surface area contributed by atoms with Crippen LogP contribution in [0.3, 0.4) is 0 Å². The Morgan fingerprint density at radius 2 is 1.92 bits per heavy atom. The van der Waals surface area contributed by atoms with Gasteiger partial charge in [-0.1, -0.05) is 31.2 Å². The highest BCUT2D eigenvalue weighted by Crippen LogP contribution is 2.23. The molecule has 0 radical (unpaired) electrons. The minimum Gasteiger partial charge on any atom is -0.480 e. The first-order chi connectivity index (χ1) is 11.5. The summed E-state index contributed by atoms with van der Waals surface area (Å²) in [7, 11) is 0. The van der Waals surface area contributed by atoms with Crippen molar-refractivity contribution in [3.63, 3.8) is 0 Å². The van der Waals surface area contributed by atoms with Crippen molar-refractivity contribution in [2.75, 3.05) is 5.32 Å². The van der Waals surface area contributed by atoms with Crippen LogP contribution >= 0.6 is 0 Å². The van der Waals surface area contributed by atoms with Gasteiger partial charge in [-0.05, 0) is 55.2 Å². The van der Waals surface area contributed by atoms with Gasteiger partial charge in [-0.2, -0.15) is 5.26 Å². The monoisotopic (exact) mass is 322 g/mol. The highest BCUT2D eigenvalue weighted by Gasteiger charge is 2.19. The van der Waals surface area contributed by atoms with E-state index >= 15 is 0 Å². The van der Waals surface area contributed by atoms with Crippen molar-refractivity contribution in [3.8, 4) is 11.8 Å². The fraction of sp³-hybridized carbons (Fsp3) is 0.300. The molecular formula is C20H22N2O2. The van der Waals surface area contributed by atoms with Gasteiger partial charge in [0.15, 0.2) is 6.10 Å². The molecule has 0 saturated carbocycles. The SMILES string of the molecule is CC[C@H](Oc1cccc(C)c1C)C(=O)Nc1ccc(CC#N)cc1. The van der Waals surface area contributed by atoms with E-state index in [0.717, 1.165) is 22.4 Å². The molecule has 0 bridgehead atoms. The summed E-state index contributed by atoms with van der Waals surface area (Å²) in [5.74, 6) is 0.563. The molecule has 0 aliphatic rings. The van der Waals surface area contributed by atoms with Gasteiger partial charge >= 0.3 is 0 Å². The molecule has 2 aromatic rings. The summed E-state index contributed by atoms with van der Waals surface area (Å²) in [6, 6.07) is 15.2. The van der Waals surface area contributed by atoms with Crippen molar-refractivity contribution in [1.82, 2.24) is 0 Å². The quantitative estimate of drug-likeness (QED) is 0.868. The zero-order chi connectivity index (χ0) is 17.5. The lowest BCUT2D eigenvalue weighted by Crippen LogP contribution is -2.32. The van der Waals surface area contributed by atoms with Crippen LogP contribution in [0, 0.1) is 25.2 Å². The number of carbonyl (C=O) groups is 1. The lowest BCUT2D eigenvalue weighted by Gasteiger charge is -2.19. The molecule has 0 saturated heterocycles. The van der Waals surface area contributed by atoms with Crippen molar-refractivity contribution < 1.29 is 9.53 Å². The molecule has 1 amide bonds. The third kappa shape index (κ3) is 4.36. The summed E-state index contributed by atoms with van der Waals surface area (Å²) < 4.78 is 5.92. The van der Waals surface area contributed by atoms with Gasteiger partial charge in [-0.25, -0.2) is 0 Å². The van der Waals surface area contributed by atoms with Crippen LogP contribution in [0.15, 0.2) is 42.5 Å². The maximum absolute atomic E-state index is 12.5. The molecular weight excluding hydrogens is 300 g/mol. The predicted octanol–water partition coefficient (Wildman–Crippen LogP) is 4.17. The Labute approximate surface area is 143 Å². The Morgan fingerprint density at radius 3 is 2.54 bits per heavy atom. The summed E-state index contributed by atoms with van der Waals surface area (Å²) in [6.45, 7) is 5.93. The van der Waals surface area contributed by atoms with Gasteiger partial charge < -0.3 is 10.1 Å². The lowest BCUT2D eigenvalue weighted by atomic mass is 10.1. The number of amides is 1.